The molecule has 49 heavy (non-hydrogen) atoms. The molecule has 3 unspecified atom stereocenters. The van der Waals surface area contributed by atoms with Gasteiger partial charge in [-0.25, -0.2) is 4.79 Å². The van der Waals surface area contributed by atoms with Gasteiger partial charge >= 0.3 is 5.97 Å². The van der Waals surface area contributed by atoms with Gasteiger partial charge in [-0.3, -0.25) is 14.5 Å². The Morgan fingerprint density at radius 1 is 0.735 bits per heavy atom. The molecule has 2 amide bonds. The van der Waals surface area contributed by atoms with Crippen LogP contribution in [0.1, 0.15) is 72.1 Å². The van der Waals surface area contributed by atoms with Crippen LogP contribution in [0.3, 0.4) is 0 Å². The molecule has 8 nitrogen and oxygen atoms in total. The van der Waals surface area contributed by atoms with Gasteiger partial charge in [0.05, 0.1) is 42.0 Å². The van der Waals surface area contributed by atoms with E-state index >= 15 is 0 Å². The van der Waals surface area contributed by atoms with Crippen molar-refractivity contribution in [3.8, 4) is 11.1 Å². The fourth-order valence-electron chi connectivity index (χ4n) is 6.22. The van der Waals surface area contributed by atoms with Crippen LogP contribution in [0, 0.1) is 0 Å². The number of carboxylic acid groups (broad SMARTS) is 1. The molecule has 0 saturated carbocycles. The maximum atomic E-state index is 12.9. The molecule has 0 spiro atoms. The molecule has 3 atom stereocenters. The number of hydrogen-bond acceptors (Lipinski definition) is 7. The lowest BCUT2D eigenvalue weighted by Crippen LogP contribution is -2.31. The van der Waals surface area contributed by atoms with E-state index in [4.69, 9.17) is 9.47 Å². The molecule has 7 rings (SSSR count). The van der Waals surface area contributed by atoms with Crippen molar-refractivity contribution >= 4 is 29.5 Å². The van der Waals surface area contributed by atoms with E-state index in [2.05, 4.69) is 0 Å². The molecule has 1 fully saturated rings. The van der Waals surface area contributed by atoms with Crippen LogP contribution in [-0.2, 0) is 22.6 Å². The van der Waals surface area contributed by atoms with Gasteiger partial charge in [0, 0.05) is 22.6 Å². The largest absolute Gasteiger partial charge is 0.478 e. The lowest BCUT2D eigenvalue weighted by atomic mass is 9.99. The van der Waals surface area contributed by atoms with E-state index < -0.39 is 12.3 Å². The first kappa shape index (κ1) is 32.5. The Kier molecular flexibility index (Phi) is 9.41. The van der Waals surface area contributed by atoms with Gasteiger partial charge in [-0.2, -0.15) is 0 Å². The van der Waals surface area contributed by atoms with Gasteiger partial charge in [0.15, 0.2) is 6.29 Å². The zero-order chi connectivity index (χ0) is 33.9. The third kappa shape index (κ3) is 6.93. The third-order valence-electron chi connectivity index (χ3n) is 8.82. The quantitative estimate of drug-likeness (QED) is 0.115. The number of imide groups is 1. The fourth-order valence-corrected chi connectivity index (χ4v) is 7.29. The number of thioether (sulfide) groups is 1. The third-order valence-corrected chi connectivity index (χ3v) is 10.0. The zero-order valence-electron chi connectivity index (χ0n) is 26.4. The van der Waals surface area contributed by atoms with E-state index in [-0.39, 0.29) is 42.7 Å². The molecule has 0 aliphatic carbocycles. The highest BCUT2D eigenvalue weighted by Crippen LogP contribution is 2.40. The van der Waals surface area contributed by atoms with E-state index in [1.54, 1.807) is 36.4 Å². The Morgan fingerprint density at radius 2 is 1.41 bits per heavy atom. The fraction of sp³-hybridized carbons (Fsp3) is 0.175. The first-order chi connectivity index (χ1) is 23.9. The van der Waals surface area contributed by atoms with Crippen molar-refractivity contribution in [3.63, 3.8) is 0 Å². The number of hydrogen-bond donors (Lipinski definition) is 2. The Hall–Kier alpha value is -5.06. The first-order valence-electron chi connectivity index (χ1n) is 16.0. The minimum atomic E-state index is -0.968. The number of aromatic carboxylic acids is 1. The monoisotopic (exact) mass is 671 g/mol. The summed E-state index contributed by atoms with van der Waals surface area (Å²) >= 11 is 1.45. The molecule has 2 aliphatic heterocycles. The molecule has 5 aromatic rings. The van der Waals surface area contributed by atoms with Gasteiger partial charge in [0.1, 0.15) is 0 Å². The van der Waals surface area contributed by atoms with Crippen LogP contribution < -0.4 is 0 Å². The molecule has 0 aromatic heterocycles. The molecular formula is C40H33NO7S. The topological polar surface area (TPSA) is 113 Å². The number of aliphatic hydroxyl groups excluding tert-OH is 1. The molecule has 1 saturated heterocycles. The standard InChI is InChI=1S/C40H33NO7S/c42-23-25-12-14-28(15-13-25)35-21-31(24-49-36-11-4-3-10-34(36)39(45)46)47-40(48-35)29-18-16-27(17-19-29)30-7-5-6-26(20-30)22-41-37(43)32-8-1-2-9-33(32)38(41)44/h1-20,31,35,40,42H,21-24H2,(H,45,46). The highest BCUT2D eigenvalue weighted by molar-refractivity contribution is 7.99. The van der Waals surface area contributed by atoms with E-state index in [0.717, 1.165) is 33.4 Å². The number of carbonyl (C=O) groups is 3. The smallest absolute Gasteiger partial charge is 0.336 e. The lowest BCUT2D eigenvalue weighted by molar-refractivity contribution is -0.245. The molecule has 9 heteroatoms. The molecular weight excluding hydrogens is 639 g/mol. The van der Waals surface area contributed by atoms with Gasteiger partial charge < -0.3 is 19.7 Å². The van der Waals surface area contributed by atoms with Gasteiger partial charge in [-0.05, 0) is 58.1 Å². The predicted molar refractivity (Wildman–Crippen MR) is 185 cm³/mol. The minimum Gasteiger partial charge on any atom is -0.478 e. The van der Waals surface area contributed by atoms with Gasteiger partial charge in [-0.15, -0.1) is 11.8 Å². The van der Waals surface area contributed by atoms with Crippen molar-refractivity contribution in [1.82, 2.24) is 4.90 Å². The number of carboxylic acids is 1. The number of rotatable bonds is 10. The first-order valence-corrected chi connectivity index (χ1v) is 17.0. The molecule has 2 aliphatic rings. The number of ether oxygens (including phenoxy) is 2. The van der Waals surface area contributed by atoms with Crippen molar-refractivity contribution in [3.05, 3.63) is 160 Å². The highest BCUT2D eigenvalue weighted by atomic mass is 32.2. The molecule has 246 valence electrons. The summed E-state index contributed by atoms with van der Waals surface area (Å²) < 4.78 is 13.0. The van der Waals surface area contributed by atoms with Crippen molar-refractivity contribution in [2.75, 3.05) is 5.75 Å². The van der Waals surface area contributed by atoms with E-state index in [0.29, 0.717) is 28.2 Å². The van der Waals surface area contributed by atoms with Crippen molar-refractivity contribution in [2.24, 2.45) is 0 Å². The second kappa shape index (κ2) is 14.2. The number of carbonyl (C=O) groups excluding carboxylic acids is 2. The second-order valence-electron chi connectivity index (χ2n) is 12.0. The normalized spacial score (nSPS) is 18.8. The second-order valence-corrected chi connectivity index (χ2v) is 13.1. The Balaban J connectivity index is 1.09. The predicted octanol–water partition coefficient (Wildman–Crippen LogP) is 7.68. The minimum absolute atomic E-state index is 0.0438. The summed E-state index contributed by atoms with van der Waals surface area (Å²) in [7, 11) is 0. The Morgan fingerprint density at radius 3 is 2.10 bits per heavy atom. The molecule has 0 radical (unpaired) electrons. The van der Waals surface area contributed by atoms with Crippen molar-refractivity contribution in [1.29, 1.82) is 0 Å². The molecule has 2 heterocycles. The Labute approximate surface area is 287 Å². The highest BCUT2D eigenvalue weighted by Gasteiger charge is 2.35. The van der Waals surface area contributed by atoms with Crippen LogP contribution in [-0.4, -0.2) is 44.8 Å². The number of amides is 2. The summed E-state index contributed by atoms with van der Waals surface area (Å²) in [4.78, 5) is 39.6. The van der Waals surface area contributed by atoms with Crippen molar-refractivity contribution in [2.45, 2.75) is 43.0 Å². The zero-order valence-corrected chi connectivity index (χ0v) is 27.2. The number of benzene rings is 5. The Bertz CT molecular complexity index is 1980. The maximum absolute atomic E-state index is 12.9. The van der Waals surface area contributed by atoms with E-state index in [9.17, 15) is 24.6 Å². The molecule has 0 bridgehead atoms. The summed E-state index contributed by atoms with van der Waals surface area (Å²) in [5.41, 5.74) is 6.49. The van der Waals surface area contributed by atoms with Gasteiger partial charge in [0.2, 0.25) is 0 Å². The van der Waals surface area contributed by atoms with Crippen molar-refractivity contribution < 1.29 is 34.1 Å². The van der Waals surface area contributed by atoms with Crippen LogP contribution in [0.2, 0.25) is 0 Å². The molecule has 5 aromatic carbocycles. The summed E-state index contributed by atoms with van der Waals surface area (Å²) in [6.07, 6.45) is -0.586. The summed E-state index contributed by atoms with van der Waals surface area (Å²) in [5.74, 6) is -1.00. The SMILES string of the molecule is O=C(O)c1ccccc1SCC1CC(c2ccc(CO)cc2)OC(c2ccc(-c3cccc(CN4C(=O)c5ccccc5C4=O)c3)cc2)O1. The lowest BCUT2D eigenvalue weighted by Gasteiger charge is -2.36. The average Bonchev–Trinajstić information content (AvgIpc) is 3.38. The summed E-state index contributed by atoms with van der Waals surface area (Å²) in [5, 5.41) is 19.2. The number of fused-ring (bicyclic) bond motifs is 1. The maximum Gasteiger partial charge on any atom is 0.336 e. The molecule has 2 N–H and O–H groups in total. The van der Waals surface area contributed by atoms with Gasteiger partial charge in [0.25, 0.3) is 11.8 Å². The van der Waals surface area contributed by atoms with Crippen LogP contribution in [0.4, 0.5) is 0 Å². The summed E-state index contributed by atoms with van der Waals surface area (Å²) in [6.45, 7) is 0.136. The number of nitrogens with zero attached hydrogens (tertiary/aromatic N) is 1. The number of aliphatic hydroxyl groups is 1. The van der Waals surface area contributed by atoms with Crippen LogP contribution in [0.15, 0.2) is 126 Å². The van der Waals surface area contributed by atoms with E-state index in [1.165, 1.54) is 16.7 Å². The van der Waals surface area contributed by atoms with Crippen LogP contribution in [0.5, 0.6) is 0 Å². The average molecular weight is 672 g/mol. The van der Waals surface area contributed by atoms with E-state index in [1.807, 2.05) is 84.9 Å². The van der Waals surface area contributed by atoms with Gasteiger partial charge in [-0.1, -0.05) is 91.0 Å². The summed E-state index contributed by atoms with van der Waals surface area (Å²) in [6, 6.07) is 37.3. The van der Waals surface area contributed by atoms with Crippen LogP contribution in [0.25, 0.3) is 11.1 Å². The van der Waals surface area contributed by atoms with Crippen LogP contribution >= 0.6 is 11.8 Å².